The molecule has 0 bridgehead atoms. The third kappa shape index (κ3) is 1.70. The van der Waals surface area contributed by atoms with Crippen LogP contribution >= 0.6 is 27.5 Å². The van der Waals surface area contributed by atoms with Gasteiger partial charge in [0.2, 0.25) is 0 Å². The van der Waals surface area contributed by atoms with E-state index in [9.17, 15) is 0 Å². The fourth-order valence-corrected chi connectivity index (χ4v) is 1.61. The van der Waals surface area contributed by atoms with E-state index in [0.717, 1.165) is 10.2 Å². The molecular formula is C6H5BrN4S. The van der Waals surface area contributed by atoms with Crippen molar-refractivity contribution in [1.82, 2.24) is 19.4 Å². The zero-order chi connectivity index (χ0) is 8.39. The third-order valence-corrected chi connectivity index (χ3v) is 2.29. The Morgan fingerprint density at radius 2 is 2.50 bits per heavy atom. The van der Waals surface area contributed by atoms with Crippen molar-refractivity contribution in [2.24, 2.45) is 0 Å². The van der Waals surface area contributed by atoms with Crippen molar-refractivity contribution < 1.29 is 0 Å². The summed E-state index contributed by atoms with van der Waals surface area (Å²) in [6, 6.07) is 0. The van der Waals surface area contributed by atoms with Gasteiger partial charge in [0.15, 0.2) is 0 Å². The van der Waals surface area contributed by atoms with Crippen LogP contribution in [-0.2, 0) is 6.54 Å². The van der Waals surface area contributed by atoms with Crippen molar-refractivity contribution in [2.75, 3.05) is 0 Å². The first kappa shape index (κ1) is 7.88. The van der Waals surface area contributed by atoms with Crippen LogP contribution in [0.3, 0.4) is 0 Å². The Hall–Kier alpha value is -0.750. The highest BCUT2D eigenvalue weighted by atomic mass is 79.9. The maximum Gasteiger partial charge on any atom is 0.0970 e. The van der Waals surface area contributed by atoms with Gasteiger partial charge in [0, 0.05) is 11.6 Å². The molecule has 62 valence electrons. The molecule has 2 heterocycles. The summed E-state index contributed by atoms with van der Waals surface area (Å²) in [5.41, 5.74) is 0.940. The van der Waals surface area contributed by atoms with E-state index in [2.05, 4.69) is 30.6 Å². The summed E-state index contributed by atoms with van der Waals surface area (Å²) in [5.74, 6) is 0. The minimum absolute atomic E-state index is 0.683. The molecule has 0 N–H and O–H groups in total. The van der Waals surface area contributed by atoms with Gasteiger partial charge in [-0.15, -0.1) is 5.10 Å². The maximum atomic E-state index is 4.10. The van der Waals surface area contributed by atoms with Crippen LogP contribution in [0.5, 0.6) is 0 Å². The van der Waals surface area contributed by atoms with E-state index in [-0.39, 0.29) is 0 Å². The van der Waals surface area contributed by atoms with Crippen LogP contribution in [0.2, 0.25) is 0 Å². The van der Waals surface area contributed by atoms with E-state index in [4.69, 9.17) is 0 Å². The molecule has 0 saturated carbocycles. The molecule has 2 aromatic rings. The molecule has 0 saturated heterocycles. The quantitative estimate of drug-likeness (QED) is 0.806. The van der Waals surface area contributed by atoms with Crippen LogP contribution in [0.1, 0.15) is 5.69 Å². The Morgan fingerprint density at radius 1 is 1.58 bits per heavy atom. The molecule has 0 aliphatic heterocycles. The van der Waals surface area contributed by atoms with Crippen LogP contribution < -0.4 is 0 Å². The van der Waals surface area contributed by atoms with Gasteiger partial charge < -0.3 is 0 Å². The molecule has 4 nitrogen and oxygen atoms in total. The summed E-state index contributed by atoms with van der Waals surface area (Å²) in [6.07, 6.45) is 3.65. The summed E-state index contributed by atoms with van der Waals surface area (Å²) in [5, 5.41) is 9.92. The lowest BCUT2D eigenvalue weighted by Gasteiger charge is -1.93. The van der Waals surface area contributed by atoms with E-state index < -0.39 is 0 Å². The number of aromatic nitrogens is 4. The topological polar surface area (TPSA) is 43.6 Å². The lowest BCUT2D eigenvalue weighted by molar-refractivity contribution is 0.670. The van der Waals surface area contributed by atoms with Crippen molar-refractivity contribution in [3.63, 3.8) is 0 Å². The Kier molecular flexibility index (Phi) is 2.18. The first-order valence-corrected chi connectivity index (χ1v) is 4.91. The SMILES string of the molecule is Brc1cnn(Cc2csnn2)c1. The van der Waals surface area contributed by atoms with Gasteiger partial charge in [0.05, 0.1) is 22.9 Å². The zero-order valence-electron chi connectivity index (χ0n) is 6.01. The highest BCUT2D eigenvalue weighted by molar-refractivity contribution is 9.10. The summed E-state index contributed by atoms with van der Waals surface area (Å²) in [7, 11) is 0. The number of rotatable bonds is 2. The van der Waals surface area contributed by atoms with Crippen LogP contribution in [0, 0.1) is 0 Å². The van der Waals surface area contributed by atoms with Gasteiger partial charge >= 0.3 is 0 Å². The lowest BCUT2D eigenvalue weighted by Crippen LogP contribution is -1.99. The summed E-state index contributed by atoms with van der Waals surface area (Å²) in [4.78, 5) is 0. The molecule has 0 spiro atoms. The maximum absolute atomic E-state index is 4.10. The lowest BCUT2D eigenvalue weighted by atomic mass is 10.5. The van der Waals surface area contributed by atoms with Gasteiger partial charge in [-0.3, -0.25) is 4.68 Å². The van der Waals surface area contributed by atoms with Crippen LogP contribution in [-0.4, -0.2) is 19.4 Å². The highest BCUT2D eigenvalue weighted by Gasteiger charge is 1.98. The highest BCUT2D eigenvalue weighted by Crippen LogP contribution is 2.07. The molecule has 0 unspecified atom stereocenters. The Bertz CT molecular complexity index is 355. The summed E-state index contributed by atoms with van der Waals surface area (Å²) < 4.78 is 6.55. The number of halogens is 1. The van der Waals surface area contributed by atoms with Gasteiger partial charge in [-0.25, -0.2) is 0 Å². The second kappa shape index (κ2) is 3.32. The molecule has 0 radical (unpaired) electrons. The predicted molar refractivity (Wildman–Crippen MR) is 48.9 cm³/mol. The van der Waals surface area contributed by atoms with E-state index in [1.807, 2.05) is 11.6 Å². The largest absolute Gasteiger partial charge is 0.265 e. The van der Waals surface area contributed by atoms with Gasteiger partial charge in [-0.2, -0.15) is 5.10 Å². The van der Waals surface area contributed by atoms with E-state index in [1.54, 1.807) is 10.9 Å². The second-order valence-corrected chi connectivity index (χ2v) is 3.78. The molecule has 0 atom stereocenters. The average Bonchev–Trinajstić information content (AvgIpc) is 2.63. The number of hydrogen-bond acceptors (Lipinski definition) is 4. The van der Waals surface area contributed by atoms with Crippen molar-refractivity contribution in [3.05, 3.63) is 27.9 Å². The molecule has 2 rings (SSSR count). The monoisotopic (exact) mass is 244 g/mol. The van der Waals surface area contributed by atoms with Crippen LogP contribution in [0.4, 0.5) is 0 Å². The molecule has 0 fully saturated rings. The Balaban J connectivity index is 2.14. The summed E-state index contributed by atoms with van der Waals surface area (Å²) in [6.45, 7) is 0.683. The average molecular weight is 245 g/mol. The standard InChI is InChI=1S/C6H5BrN4S/c7-5-1-8-11(2-5)3-6-4-12-10-9-6/h1-2,4H,3H2. The molecule has 0 aliphatic carbocycles. The van der Waals surface area contributed by atoms with Crippen molar-refractivity contribution in [1.29, 1.82) is 0 Å². The fourth-order valence-electron chi connectivity index (χ4n) is 0.844. The first-order chi connectivity index (χ1) is 5.84. The number of nitrogens with zero attached hydrogens (tertiary/aromatic N) is 4. The Labute approximate surface area is 81.5 Å². The summed E-state index contributed by atoms with van der Waals surface area (Å²) >= 11 is 4.67. The molecule has 6 heteroatoms. The molecule has 2 aromatic heterocycles. The van der Waals surface area contributed by atoms with Crippen molar-refractivity contribution >= 4 is 27.5 Å². The zero-order valence-corrected chi connectivity index (χ0v) is 8.42. The van der Waals surface area contributed by atoms with Crippen molar-refractivity contribution in [3.8, 4) is 0 Å². The minimum Gasteiger partial charge on any atom is -0.265 e. The molecule has 0 aromatic carbocycles. The molecule has 0 amide bonds. The van der Waals surface area contributed by atoms with Gasteiger partial charge in [0.1, 0.15) is 0 Å². The minimum atomic E-state index is 0.683. The molecular weight excluding hydrogens is 240 g/mol. The smallest absolute Gasteiger partial charge is 0.0970 e. The van der Waals surface area contributed by atoms with Crippen molar-refractivity contribution in [2.45, 2.75) is 6.54 Å². The normalized spacial score (nSPS) is 10.4. The molecule has 0 aliphatic rings. The van der Waals surface area contributed by atoms with Crippen LogP contribution in [0.25, 0.3) is 0 Å². The molecule has 12 heavy (non-hydrogen) atoms. The number of hydrogen-bond donors (Lipinski definition) is 0. The van der Waals surface area contributed by atoms with E-state index in [0.29, 0.717) is 6.54 Å². The first-order valence-electron chi connectivity index (χ1n) is 3.28. The van der Waals surface area contributed by atoms with E-state index in [1.165, 1.54) is 11.5 Å². The second-order valence-electron chi connectivity index (χ2n) is 2.25. The fraction of sp³-hybridized carbons (Fsp3) is 0.167. The van der Waals surface area contributed by atoms with Gasteiger partial charge in [-0.05, 0) is 27.5 Å². The predicted octanol–water partition coefficient (Wildman–Crippen LogP) is 1.55. The Morgan fingerprint density at radius 3 is 3.08 bits per heavy atom. The van der Waals surface area contributed by atoms with E-state index >= 15 is 0 Å². The third-order valence-electron chi connectivity index (χ3n) is 1.33. The van der Waals surface area contributed by atoms with Gasteiger partial charge in [0.25, 0.3) is 0 Å². The van der Waals surface area contributed by atoms with Gasteiger partial charge in [-0.1, -0.05) is 4.49 Å². The van der Waals surface area contributed by atoms with Crippen LogP contribution in [0.15, 0.2) is 22.2 Å².